The van der Waals surface area contributed by atoms with E-state index in [-0.39, 0.29) is 18.0 Å². The van der Waals surface area contributed by atoms with Crippen LogP contribution >= 0.6 is 0 Å². The second-order valence-corrected chi connectivity index (χ2v) is 6.56. The molecule has 0 unspecified atom stereocenters. The van der Waals surface area contributed by atoms with E-state index in [1.165, 1.54) is 10.6 Å². The van der Waals surface area contributed by atoms with E-state index in [9.17, 15) is 9.59 Å². The Labute approximate surface area is 157 Å². The van der Waals surface area contributed by atoms with Gasteiger partial charge in [0.1, 0.15) is 6.54 Å². The van der Waals surface area contributed by atoms with E-state index in [0.717, 1.165) is 16.8 Å². The SMILES string of the molecule is Cc1cc(C)cc(Nc2nc(C)cc(=O)n2CC(=O)Nc2ccccc2)c1. The highest BCUT2D eigenvalue weighted by Gasteiger charge is 2.12. The molecule has 0 aliphatic heterocycles. The van der Waals surface area contributed by atoms with Crippen LogP contribution in [0.2, 0.25) is 0 Å². The zero-order chi connectivity index (χ0) is 19.4. The number of benzene rings is 2. The number of anilines is 3. The molecule has 6 heteroatoms. The lowest BCUT2D eigenvalue weighted by molar-refractivity contribution is -0.116. The van der Waals surface area contributed by atoms with Gasteiger partial charge in [-0.2, -0.15) is 0 Å². The van der Waals surface area contributed by atoms with Crippen LogP contribution in [0.1, 0.15) is 16.8 Å². The molecule has 0 saturated heterocycles. The maximum Gasteiger partial charge on any atom is 0.255 e. The molecule has 0 saturated carbocycles. The standard InChI is InChI=1S/C21H22N4O2/c1-14-9-15(2)11-18(10-14)24-21-22-16(3)12-20(27)25(21)13-19(26)23-17-7-5-4-6-8-17/h4-12H,13H2,1-3H3,(H,22,24)(H,23,26). The number of aromatic nitrogens is 2. The summed E-state index contributed by atoms with van der Waals surface area (Å²) in [6, 6.07) is 16.6. The van der Waals surface area contributed by atoms with Gasteiger partial charge in [-0.1, -0.05) is 24.3 Å². The topological polar surface area (TPSA) is 76.0 Å². The Hall–Kier alpha value is -3.41. The first-order chi connectivity index (χ1) is 12.9. The summed E-state index contributed by atoms with van der Waals surface area (Å²) >= 11 is 0. The molecule has 27 heavy (non-hydrogen) atoms. The van der Waals surface area contributed by atoms with Gasteiger partial charge in [0.2, 0.25) is 11.9 Å². The third kappa shape index (κ3) is 4.82. The number of nitrogens with one attached hydrogen (secondary N) is 2. The van der Waals surface area contributed by atoms with Crippen molar-refractivity contribution in [2.75, 3.05) is 10.6 Å². The second kappa shape index (κ2) is 7.86. The number of amides is 1. The van der Waals surface area contributed by atoms with Crippen molar-refractivity contribution in [3.63, 3.8) is 0 Å². The van der Waals surface area contributed by atoms with E-state index >= 15 is 0 Å². The minimum atomic E-state index is -0.294. The van der Waals surface area contributed by atoms with Gasteiger partial charge in [0, 0.05) is 23.1 Å². The van der Waals surface area contributed by atoms with E-state index in [2.05, 4.69) is 21.7 Å². The Bertz CT molecular complexity index is 1010. The molecule has 0 fully saturated rings. The molecule has 6 nitrogen and oxygen atoms in total. The minimum absolute atomic E-state index is 0.131. The van der Waals surface area contributed by atoms with Crippen LogP contribution in [0.3, 0.4) is 0 Å². The largest absolute Gasteiger partial charge is 0.325 e. The summed E-state index contributed by atoms with van der Waals surface area (Å²) in [4.78, 5) is 29.3. The summed E-state index contributed by atoms with van der Waals surface area (Å²) in [6.45, 7) is 5.63. The van der Waals surface area contributed by atoms with Gasteiger partial charge in [-0.05, 0) is 56.2 Å². The van der Waals surface area contributed by atoms with Crippen LogP contribution in [-0.4, -0.2) is 15.5 Å². The number of nitrogens with zero attached hydrogens (tertiary/aromatic N) is 2. The number of rotatable bonds is 5. The molecule has 0 aliphatic rings. The van der Waals surface area contributed by atoms with Crippen molar-refractivity contribution in [2.45, 2.75) is 27.3 Å². The fourth-order valence-electron chi connectivity index (χ4n) is 2.91. The van der Waals surface area contributed by atoms with Gasteiger partial charge >= 0.3 is 0 Å². The van der Waals surface area contributed by atoms with Crippen LogP contribution in [0.15, 0.2) is 59.4 Å². The smallest absolute Gasteiger partial charge is 0.255 e. The number of aryl methyl sites for hydroxylation is 3. The molecule has 138 valence electrons. The number of para-hydroxylation sites is 1. The normalized spacial score (nSPS) is 10.5. The van der Waals surface area contributed by atoms with Gasteiger partial charge in [-0.15, -0.1) is 0 Å². The van der Waals surface area contributed by atoms with Gasteiger partial charge < -0.3 is 10.6 Å². The Morgan fingerprint density at radius 2 is 1.63 bits per heavy atom. The van der Waals surface area contributed by atoms with Gasteiger partial charge in [0.15, 0.2) is 0 Å². The summed E-state index contributed by atoms with van der Waals surface area (Å²) in [5.41, 5.74) is 4.01. The Morgan fingerprint density at radius 1 is 0.963 bits per heavy atom. The van der Waals surface area contributed by atoms with E-state index in [0.29, 0.717) is 17.3 Å². The fourth-order valence-corrected chi connectivity index (χ4v) is 2.91. The molecule has 0 bridgehead atoms. The quantitative estimate of drug-likeness (QED) is 0.728. The highest BCUT2D eigenvalue weighted by Crippen LogP contribution is 2.18. The highest BCUT2D eigenvalue weighted by atomic mass is 16.2. The lowest BCUT2D eigenvalue weighted by Crippen LogP contribution is -2.30. The minimum Gasteiger partial charge on any atom is -0.325 e. The number of carbonyl (C=O) groups excluding carboxylic acids is 1. The van der Waals surface area contributed by atoms with Crippen LogP contribution in [-0.2, 0) is 11.3 Å². The average Bonchev–Trinajstić information content (AvgIpc) is 2.58. The van der Waals surface area contributed by atoms with Crippen LogP contribution in [0.5, 0.6) is 0 Å². The van der Waals surface area contributed by atoms with Crippen LogP contribution in [0.25, 0.3) is 0 Å². The second-order valence-electron chi connectivity index (χ2n) is 6.56. The van der Waals surface area contributed by atoms with Gasteiger partial charge in [0.25, 0.3) is 5.56 Å². The van der Waals surface area contributed by atoms with E-state index < -0.39 is 0 Å². The number of hydrogen-bond donors (Lipinski definition) is 2. The molecule has 2 N–H and O–H groups in total. The van der Waals surface area contributed by atoms with Crippen molar-refractivity contribution in [3.8, 4) is 0 Å². The zero-order valence-corrected chi connectivity index (χ0v) is 15.6. The summed E-state index contributed by atoms with van der Waals surface area (Å²) in [5, 5.41) is 5.96. The summed E-state index contributed by atoms with van der Waals surface area (Å²) in [5.74, 6) is 0.0469. The van der Waals surface area contributed by atoms with Gasteiger partial charge in [0.05, 0.1) is 0 Å². The monoisotopic (exact) mass is 362 g/mol. The fraction of sp³-hybridized carbons (Fsp3) is 0.190. The van der Waals surface area contributed by atoms with Crippen molar-refractivity contribution in [2.24, 2.45) is 0 Å². The van der Waals surface area contributed by atoms with Crippen molar-refractivity contribution in [1.82, 2.24) is 9.55 Å². The predicted molar refractivity (Wildman–Crippen MR) is 108 cm³/mol. The summed E-state index contributed by atoms with van der Waals surface area (Å²) < 4.78 is 1.34. The molecule has 0 atom stereocenters. The third-order valence-electron chi connectivity index (χ3n) is 3.97. The van der Waals surface area contributed by atoms with Gasteiger partial charge in [-0.3, -0.25) is 14.2 Å². The average molecular weight is 362 g/mol. The van der Waals surface area contributed by atoms with Crippen molar-refractivity contribution in [3.05, 3.63) is 81.8 Å². The third-order valence-corrected chi connectivity index (χ3v) is 3.97. The lowest BCUT2D eigenvalue weighted by Gasteiger charge is -2.15. The Morgan fingerprint density at radius 3 is 2.30 bits per heavy atom. The molecule has 2 aromatic carbocycles. The molecule has 0 spiro atoms. The number of hydrogen-bond acceptors (Lipinski definition) is 4. The zero-order valence-electron chi connectivity index (χ0n) is 15.6. The number of carbonyl (C=O) groups is 1. The highest BCUT2D eigenvalue weighted by molar-refractivity contribution is 5.90. The molecule has 0 radical (unpaired) electrons. The first-order valence-corrected chi connectivity index (χ1v) is 8.69. The molecule has 1 aromatic heterocycles. The molecule has 1 amide bonds. The molecular formula is C21H22N4O2. The predicted octanol–water partition coefficient (Wildman–Crippen LogP) is 3.55. The van der Waals surface area contributed by atoms with Gasteiger partial charge in [-0.25, -0.2) is 4.98 Å². The van der Waals surface area contributed by atoms with E-state index in [1.807, 2.05) is 44.2 Å². The molecule has 1 heterocycles. The summed E-state index contributed by atoms with van der Waals surface area (Å²) in [6.07, 6.45) is 0. The van der Waals surface area contributed by atoms with E-state index in [1.54, 1.807) is 19.1 Å². The molecule has 3 aromatic rings. The summed E-state index contributed by atoms with van der Waals surface area (Å²) in [7, 11) is 0. The maximum atomic E-state index is 12.5. The molecular weight excluding hydrogens is 340 g/mol. The Kier molecular flexibility index (Phi) is 5.35. The van der Waals surface area contributed by atoms with Crippen LogP contribution in [0, 0.1) is 20.8 Å². The van der Waals surface area contributed by atoms with Crippen molar-refractivity contribution in [1.29, 1.82) is 0 Å². The van der Waals surface area contributed by atoms with Crippen molar-refractivity contribution >= 4 is 23.2 Å². The molecule has 0 aliphatic carbocycles. The van der Waals surface area contributed by atoms with Crippen LogP contribution < -0.4 is 16.2 Å². The van der Waals surface area contributed by atoms with E-state index in [4.69, 9.17) is 0 Å². The first kappa shape index (κ1) is 18.4. The Balaban J connectivity index is 1.88. The first-order valence-electron chi connectivity index (χ1n) is 8.69. The lowest BCUT2D eigenvalue weighted by atomic mass is 10.1. The van der Waals surface area contributed by atoms with Crippen molar-refractivity contribution < 1.29 is 4.79 Å². The molecule has 3 rings (SSSR count). The maximum absolute atomic E-state index is 12.5. The van der Waals surface area contributed by atoms with Crippen LogP contribution in [0.4, 0.5) is 17.3 Å².